The molecule has 1 heterocycles. The minimum Gasteiger partial charge on any atom is -0.367 e. The van der Waals surface area contributed by atoms with Gasteiger partial charge in [-0.3, -0.25) is 9.52 Å². The number of carbonyl (C=O) groups is 1. The number of rotatable bonds is 6. The van der Waals surface area contributed by atoms with Gasteiger partial charge in [-0.1, -0.05) is 35.5 Å². The molecule has 0 aliphatic heterocycles. The SMILES string of the molecule is COC(C(=O)NS(=O)(=O)Cc1ccon1)c1ccccc1. The van der Waals surface area contributed by atoms with E-state index in [2.05, 4.69) is 9.68 Å². The molecule has 0 aliphatic rings. The number of sulfonamides is 1. The highest BCUT2D eigenvalue weighted by molar-refractivity contribution is 7.89. The molecule has 1 N–H and O–H groups in total. The summed E-state index contributed by atoms with van der Waals surface area (Å²) in [4.78, 5) is 12.1. The number of nitrogens with one attached hydrogen (secondary N) is 1. The molecule has 1 amide bonds. The molecule has 1 atom stereocenters. The van der Waals surface area contributed by atoms with Crippen LogP contribution in [0.3, 0.4) is 0 Å². The first-order chi connectivity index (χ1) is 10.0. The Kier molecular flexibility index (Phi) is 4.71. The van der Waals surface area contributed by atoms with Crippen molar-refractivity contribution in [2.75, 3.05) is 7.11 Å². The van der Waals surface area contributed by atoms with E-state index in [1.807, 2.05) is 4.72 Å². The molecule has 0 saturated carbocycles. The van der Waals surface area contributed by atoms with Gasteiger partial charge in [-0.05, 0) is 5.56 Å². The van der Waals surface area contributed by atoms with Crippen molar-refractivity contribution < 1.29 is 22.5 Å². The van der Waals surface area contributed by atoms with E-state index in [1.54, 1.807) is 30.3 Å². The molecule has 0 saturated heterocycles. The maximum atomic E-state index is 12.1. The summed E-state index contributed by atoms with van der Waals surface area (Å²) in [6.45, 7) is 0. The van der Waals surface area contributed by atoms with Crippen molar-refractivity contribution in [1.82, 2.24) is 9.88 Å². The van der Waals surface area contributed by atoms with Gasteiger partial charge in [-0.2, -0.15) is 0 Å². The highest BCUT2D eigenvalue weighted by Gasteiger charge is 2.25. The van der Waals surface area contributed by atoms with Crippen molar-refractivity contribution in [2.45, 2.75) is 11.9 Å². The van der Waals surface area contributed by atoms with Crippen molar-refractivity contribution in [3.63, 3.8) is 0 Å². The average molecular weight is 310 g/mol. The number of aromatic nitrogens is 1. The second kappa shape index (κ2) is 6.51. The smallest absolute Gasteiger partial charge is 0.267 e. The zero-order valence-corrected chi connectivity index (χ0v) is 12.0. The van der Waals surface area contributed by atoms with Crippen LogP contribution in [0.2, 0.25) is 0 Å². The minimum atomic E-state index is -3.87. The zero-order valence-electron chi connectivity index (χ0n) is 11.2. The van der Waals surface area contributed by atoms with Crippen molar-refractivity contribution in [3.05, 3.63) is 53.9 Å². The Morgan fingerprint density at radius 2 is 2.05 bits per heavy atom. The number of hydrogen-bond acceptors (Lipinski definition) is 6. The Hall–Kier alpha value is -2.19. The molecule has 2 rings (SSSR count). The van der Waals surface area contributed by atoms with E-state index in [9.17, 15) is 13.2 Å². The quantitative estimate of drug-likeness (QED) is 0.855. The molecule has 7 nitrogen and oxygen atoms in total. The lowest BCUT2D eigenvalue weighted by Crippen LogP contribution is -2.36. The molecule has 0 radical (unpaired) electrons. The number of ether oxygens (including phenoxy) is 1. The van der Waals surface area contributed by atoms with Crippen molar-refractivity contribution >= 4 is 15.9 Å². The molecular weight excluding hydrogens is 296 g/mol. The van der Waals surface area contributed by atoms with Crippen LogP contribution in [-0.2, 0) is 25.3 Å². The number of amides is 1. The van der Waals surface area contributed by atoms with Gasteiger partial charge in [-0.25, -0.2) is 8.42 Å². The molecule has 1 aromatic heterocycles. The lowest BCUT2D eigenvalue weighted by Gasteiger charge is -2.15. The molecule has 21 heavy (non-hydrogen) atoms. The van der Waals surface area contributed by atoms with Gasteiger partial charge >= 0.3 is 0 Å². The number of carbonyl (C=O) groups excluding carboxylic acids is 1. The standard InChI is InChI=1S/C13H14N2O5S/c1-19-12(10-5-3-2-4-6-10)13(16)15-21(17,18)9-11-7-8-20-14-11/h2-8,12H,9H2,1H3,(H,15,16). The van der Waals surface area contributed by atoms with E-state index in [1.165, 1.54) is 19.4 Å². The van der Waals surface area contributed by atoms with Gasteiger partial charge in [0, 0.05) is 13.2 Å². The highest BCUT2D eigenvalue weighted by atomic mass is 32.2. The fraction of sp³-hybridized carbons (Fsp3) is 0.231. The molecule has 1 unspecified atom stereocenters. The number of methoxy groups -OCH3 is 1. The predicted molar refractivity (Wildman–Crippen MR) is 73.5 cm³/mol. The molecule has 0 bridgehead atoms. The maximum absolute atomic E-state index is 12.1. The van der Waals surface area contributed by atoms with E-state index >= 15 is 0 Å². The first-order valence-corrected chi connectivity index (χ1v) is 7.68. The second-order valence-corrected chi connectivity index (χ2v) is 5.96. The summed E-state index contributed by atoms with van der Waals surface area (Å²) >= 11 is 0. The first-order valence-electron chi connectivity index (χ1n) is 6.03. The van der Waals surface area contributed by atoms with Gasteiger partial charge < -0.3 is 9.26 Å². The van der Waals surface area contributed by atoms with Crippen molar-refractivity contribution in [2.24, 2.45) is 0 Å². The fourth-order valence-corrected chi connectivity index (χ4v) is 2.80. The topological polar surface area (TPSA) is 98.5 Å². The van der Waals surface area contributed by atoms with E-state index < -0.39 is 27.8 Å². The zero-order chi connectivity index (χ0) is 15.3. The fourth-order valence-electron chi connectivity index (χ4n) is 1.77. The van der Waals surface area contributed by atoms with Crippen LogP contribution >= 0.6 is 0 Å². The van der Waals surface area contributed by atoms with Crippen LogP contribution in [0.5, 0.6) is 0 Å². The van der Waals surface area contributed by atoms with Crippen LogP contribution in [-0.4, -0.2) is 26.6 Å². The average Bonchev–Trinajstić information content (AvgIpc) is 2.92. The lowest BCUT2D eigenvalue weighted by atomic mass is 10.1. The van der Waals surface area contributed by atoms with E-state index in [0.29, 0.717) is 5.56 Å². The maximum Gasteiger partial charge on any atom is 0.267 e. The van der Waals surface area contributed by atoms with Crippen LogP contribution in [0.1, 0.15) is 17.4 Å². The molecule has 1 aromatic carbocycles. The van der Waals surface area contributed by atoms with Gasteiger partial charge in [0.05, 0.1) is 0 Å². The summed E-state index contributed by atoms with van der Waals surface area (Å²) in [6.07, 6.45) is 0.257. The number of benzene rings is 1. The molecule has 0 fully saturated rings. The third kappa shape index (κ3) is 4.14. The summed E-state index contributed by atoms with van der Waals surface area (Å²) < 4.78 is 35.4. The van der Waals surface area contributed by atoms with Crippen LogP contribution < -0.4 is 4.72 Å². The van der Waals surface area contributed by atoms with Gasteiger partial charge in [0.1, 0.15) is 17.7 Å². The largest absolute Gasteiger partial charge is 0.367 e. The number of hydrogen-bond donors (Lipinski definition) is 1. The molecule has 2 aromatic rings. The predicted octanol–water partition coefficient (Wildman–Crippen LogP) is 1.01. The van der Waals surface area contributed by atoms with E-state index in [0.717, 1.165) is 0 Å². The molecule has 112 valence electrons. The first kappa shape index (κ1) is 15.2. The number of nitrogens with zero attached hydrogens (tertiary/aromatic N) is 1. The normalized spacial score (nSPS) is 12.8. The summed E-state index contributed by atoms with van der Waals surface area (Å²) in [5, 5.41) is 3.50. The lowest BCUT2D eigenvalue weighted by molar-refractivity contribution is -0.129. The van der Waals surface area contributed by atoms with Crippen LogP contribution in [0, 0.1) is 0 Å². The Bertz CT molecular complexity index is 683. The summed E-state index contributed by atoms with van der Waals surface area (Å²) in [6, 6.07) is 10.0. The monoisotopic (exact) mass is 310 g/mol. The van der Waals surface area contributed by atoms with Gasteiger partial charge in [0.2, 0.25) is 10.0 Å². The van der Waals surface area contributed by atoms with Gasteiger partial charge in [0.25, 0.3) is 5.91 Å². The summed E-state index contributed by atoms with van der Waals surface area (Å²) in [5.41, 5.74) is 0.776. The summed E-state index contributed by atoms with van der Waals surface area (Å²) in [7, 11) is -2.53. The van der Waals surface area contributed by atoms with Crippen molar-refractivity contribution in [1.29, 1.82) is 0 Å². The highest BCUT2D eigenvalue weighted by Crippen LogP contribution is 2.16. The van der Waals surface area contributed by atoms with Crippen molar-refractivity contribution in [3.8, 4) is 0 Å². The third-order valence-corrected chi connectivity index (χ3v) is 3.85. The molecule has 0 aliphatic carbocycles. The summed E-state index contributed by atoms with van der Waals surface area (Å²) in [5.74, 6) is -1.20. The van der Waals surface area contributed by atoms with Gasteiger partial charge in [0.15, 0.2) is 6.10 Å². The van der Waals surface area contributed by atoms with Crippen LogP contribution in [0.4, 0.5) is 0 Å². The third-order valence-electron chi connectivity index (χ3n) is 2.66. The Morgan fingerprint density at radius 3 is 2.62 bits per heavy atom. The van der Waals surface area contributed by atoms with Crippen LogP contribution in [0.15, 0.2) is 47.2 Å². The van der Waals surface area contributed by atoms with E-state index in [-0.39, 0.29) is 5.69 Å². The van der Waals surface area contributed by atoms with Crippen LogP contribution in [0.25, 0.3) is 0 Å². The molecule has 0 spiro atoms. The molecule has 8 heteroatoms. The van der Waals surface area contributed by atoms with Gasteiger partial charge in [-0.15, -0.1) is 0 Å². The Balaban J connectivity index is 2.09. The van der Waals surface area contributed by atoms with E-state index in [4.69, 9.17) is 4.74 Å². The second-order valence-electron chi connectivity index (χ2n) is 4.24. The Morgan fingerprint density at radius 1 is 1.33 bits per heavy atom. The Labute approximate surface area is 121 Å². The minimum absolute atomic E-state index is 0.212. The molecular formula is C13H14N2O5S.